The molecule has 0 bridgehead atoms. The van der Waals surface area contributed by atoms with Crippen LogP contribution in [-0.2, 0) is 27.2 Å². The Hall–Kier alpha value is -3.82. The van der Waals surface area contributed by atoms with E-state index in [2.05, 4.69) is 18.5 Å². The quantitative estimate of drug-likeness (QED) is 0.133. The number of rotatable bonds is 19. The van der Waals surface area contributed by atoms with Gasteiger partial charge in [-0.05, 0) is 68.9 Å². The average molecular weight is 635 g/mol. The van der Waals surface area contributed by atoms with E-state index in [0.717, 1.165) is 49.8 Å². The standard InChI is InChI=1S/C37H50N2O7/c1-3-5-7-14-21-43-34-18-12-11-17-30(34)27-45-37(42)39(20-13-6-4-2)26-33(40)32(23-28-15-9-8-10-16-28)38-36(41)46-31-24-29-19-22-44-35(29)25-31/h3-4,8-12,15-18,29,31-33,35,40H,1-2,5-7,13-14,19-27H2,(H,38,41)/t29?,31-,32+,33-,35-/m1/s1. The molecular formula is C37H50N2O7. The van der Waals surface area contributed by atoms with Crippen molar-refractivity contribution in [3.63, 3.8) is 0 Å². The molecule has 5 atom stereocenters. The number of carbonyl (C=O) groups is 2. The highest BCUT2D eigenvalue weighted by atomic mass is 16.6. The molecule has 1 saturated heterocycles. The average Bonchev–Trinajstić information content (AvgIpc) is 3.66. The highest BCUT2D eigenvalue weighted by molar-refractivity contribution is 5.69. The second-order valence-corrected chi connectivity index (χ2v) is 12.1. The van der Waals surface area contributed by atoms with Crippen LogP contribution in [0.2, 0.25) is 0 Å². The predicted molar refractivity (Wildman–Crippen MR) is 178 cm³/mol. The van der Waals surface area contributed by atoms with Crippen LogP contribution in [0.3, 0.4) is 0 Å². The third-order valence-corrected chi connectivity index (χ3v) is 8.63. The normalized spacial score (nSPS) is 19.8. The van der Waals surface area contributed by atoms with Crippen molar-refractivity contribution in [1.29, 1.82) is 0 Å². The lowest BCUT2D eigenvalue weighted by Gasteiger charge is -2.30. The fourth-order valence-electron chi connectivity index (χ4n) is 6.10. The fourth-order valence-corrected chi connectivity index (χ4v) is 6.10. The fraction of sp³-hybridized carbons (Fsp3) is 0.514. The number of nitrogens with zero attached hydrogens (tertiary/aromatic N) is 1. The van der Waals surface area contributed by atoms with Crippen LogP contribution < -0.4 is 10.1 Å². The molecule has 0 radical (unpaired) electrons. The number of fused-ring (bicyclic) bond motifs is 1. The summed E-state index contributed by atoms with van der Waals surface area (Å²) in [6, 6.07) is 16.4. The minimum atomic E-state index is -1.08. The molecule has 2 aromatic rings. The van der Waals surface area contributed by atoms with Crippen LogP contribution in [-0.4, -0.2) is 72.8 Å². The lowest BCUT2D eigenvalue weighted by molar-refractivity contribution is 0.0441. The molecule has 46 heavy (non-hydrogen) atoms. The number of para-hydroxylation sites is 1. The van der Waals surface area contributed by atoms with Crippen molar-refractivity contribution in [3.8, 4) is 5.75 Å². The van der Waals surface area contributed by atoms with E-state index in [4.69, 9.17) is 18.9 Å². The molecule has 2 fully saturated rings. The Bertz CT molecular complexity index is 1230. The number of ether oxygens (including phenoxy) is 4. The van der Waals surface area contributed by atoms with Gasteiger partial charge in [-0.1, -0.05) is 60.7 Å². The van der Waals surface area contributed by atoms with Gasteiger partial charge in [0.25, 0.3) is 0 Å². The minimum absolute atomic E-state index is 0.0286. The molecule has 2 aromatic carbocycles. The lowest BCUT2D eigenvalue weighted by atomic mass is 10.0. The third-order valence-electron chi connectivity index (χ3n) is 8.63. The molecule has 1 unspecified atom stereocenters. The van der Waals surface area contributed by atoms with Crippen LogP contribution in [0.5, 0.6) is 5.75 Å². The molecule has 1 aliphatic carbocycles. The van der Waals surface area contributed by atoms with Gasteiger partial charge >= 0.3 is 12.2 Å². The zero-order chi connectivity index (χ0) is 32.6. The lowest BCUT2D eigenvalue weighted by Crippen LogP contribution is -2.51. The SMILES string of the molecule is C=CCCCCOc1ccccc1COC(=O)N(CCCC=C)C[C@@H](O)[C@H](Cc1ccccc1)NC(=O)O[C@@H]1CC2CCO[C@@H]2C1. The van der Waals surface area contributed by atoms with Gasteiger partial charge in [0, 0.05) is 25.1 Å². The van der Waals surface area contributed by atoms with E-state index in [1.165, 1.54) is 4.90 Å². The predicted octanol–water partition coefficient (Wildman–Crippen LogP) is 6.59. The van der Waals surface area contributed by atoms with E-state index in [-0.39, 0.29) is 25.4 Å². The molecule has 1 aliphatic heterocycles. The molecule has 0 spiro atoms. The summed E-state index contributed by atoms with van der Waals surface area (Å²) in [5, 5.41) is 14.4. The highest BCUT2D eigenvalue weighted by Crippen LogP contribution is 2.37. The molecule has 2 N–H and O–H groups in total. The number of unbranched alkanes of at least 4 members (excludes halogenated alkanes) is 3. The Kier molecular flexibility index (Phi) is 14.5. The van der Waals surface area contributed by atoms with Gasteiger partial charge in [0.2, 0.25) is 0 Å². The van der Waals surface area contributed by atoms with Crippen LogP contribution in [0, 0.1) is 5.92 Å². The van der Waals surface area contributed by atoms with E-state index >= 15 is 0 Å². The Morgan fingerprint density at radius 1 is 1.02 bits per heavy atom. The zero-order valence-electron chi connectivity index (χ0n) is 26.9. The van der Waals surface area contributed by atoms with Crippen molar-refractivity contribution < 1.29 is 33.6 Å². The summed E-state index contributed by atoms with van der Waals surface area (Å²) in [5.41, 5.74) is 1.71. The maximum atomic E-state index is 13.4. The number of hydrogen-bond acceptors (Lipinski definition) is 7. The van der Waals surface area contributed by atoms with E-state index in [0.29, 0.717) is 50.5 Å². The first-order chi connectivity index (χ1) is 22.5. The van der Waals surface area contributed by atoms with Crippen LogP contribution in [0.15, 0.2) is 79.9 Å². The van der Waals surface area contributed by atoms with Crippen molar-refractivity contribution in [2.24, 2.45) is 5.92 Å². The summed E-state index contributed by atoms with van der Waals surface area (Å²) in [7, 11) is 0. The van der Waals surface area contributed by atoms with Crippen LogP contribution >= 0.6 is 0 Å². The van der Waals surface area contributed by atoms with Crippen molar-refractivity contribution in [2.45, 2.75) is 88.7 Å². The Morgan fingerprint density at radius 2 is 1.78 bits per heavy atom. The van der Waals surface area contributed by atoms with Crippen LogP contribution in [0.1, 0.15) is 62.5 Å². The maximum Gasteiger partial charge on any atom is 0.410 e. The summed E-state index contributed by atoms with van der Waals surface area (Å²) in [6.45, 7) is 9.22. The number of amides is 2. The topological polar surface area (TPSA) is 107 Å². The van der Waals surface area contributed by atoms with Gasteiger partial charge in [0.15, 0.2) is 0 Å². The van der Waals surface area contributed by atoms with Crippen molar-refractivity contribution >= 4 is 12.2 Å². The molecule has 1 saturated carbocycles. The zero-order valence-corrected chi connectivity index (χ0v) is 26.9. The minimum Gasteiger partial charge on any atom is -0.493 e. The third kappa shape index (κ3) is 11.2. The molecule has 2 aliphatic rings. The van der Waals surface area contributed by atoms with E-state index in [9.17, 15) is 14.7 Å². The van der Waals surface area contributed by atoms with E-state index < -0.39 is 24.3 Å². The van der Waals surface area contributed by atoms with Gasteiger partial charge in [-0.15, -0.1) is 13.2 Å². The number of allylic oxidation sites excluding steroid dienone is 2. The molecule has 1 heterocycles. The number of benzene rings is 2. The first kappa shape index (κ1) is 35.0. The molecule has 4 rings (SSSR count). The second kappa shape index (κ2) is 19.0. The van der Waals surface area contributed by atoms with Gasteiger partial charge in [0.05, 0.1) is 31.4 Å². The Labute approximate surface area is 273 Å². The Balaban J connectivity index is 1.38. The number of aliphatic hydroxyl groups is 1. The van der Waals surface area contributed by atoms with Gasteiger partial charge < -0.3 is 34.3 Å². The number of aliphatic hydroxyl groups excluding tert-OH is 1. The van der Waals surface area contributed by atoms with Gasteiger partial charge in [-0.25, -0.2) is 9.59 Å². The number of nitrogens with one attached hydrogen (secondary N) is 1. The summed E-state index contributed by atoms with van der Waals surface area (Å²) in [6.07, 6.45) is 8.44. The summed E-state index contributed by atoms with van der Waals surface area (Å²) in [4.78, 5) is 28.0. The van der Waals surface area contributed by atoms with E-state index in [1.807, 2.05) is 60.7 Å². The van der Waals surface area contributed by atoms with Gasteiger partial charge in [-0.3, -0.25) is 0 Å². The van der Waals surface area contributed by atoms with E-state index in [1.54, 1.807) is 6.08 Å². The van der Waals surface area contributed by atoms with Crippen molar-refractivity contribution in [3.05, 3.63) is 91.0 Å². The maximum absolute atomic E-state index is 13.4. The first-order valence-electron chi connectivity index (χ1n) is 16.6. The smallest absolute Gasteiger partial charge is 0.410 e. The van der Waals surface area contributed by atoms with Gasteiger partial charge in [0.1, 0.15) is 18.5 Å². The number of hydrogen-bond donors (Lipinski definition) is 2. The Morgan fingerprint density at radius 3 is 2.57 bits per heavy atom. The number of carbonyl (C=O) groups excluding carboxylic acids is 2. The van der Waals surface area contributed by atoms with Crippen LogP contribution in [0.25, 0.3) is 0 Å². The molecule has 2 amide bonds. The molecule has 250 valence electrons. The summed E-state index contributed by atoms with van der Waals surface area (Å²) in [5.74, 6) is 1.11. The van der Waals surface area contributed by atoms with Crippen molar-refractivity contribution in [1.82, 2.24) is 10.2 Å². The van der Waals surface area contributed by atoms with Crippen LogP contribution in [0.4, 0.5) is 9.59 Å². The molecule has 9 heteroatoms. The molecular weight excluding hydrogens is 584 g/mol. The monoisotopic (exact) mass is 634 g/mol. The first-order valence-corrected chi connectivity index (χ1v) is 16.6. The summed E-state index contributed by atoms with van der Waals surface area (Å²) < 4.78 is 23.2. The second-order valence-electron chi connectivity index (χ2n) is 12.1. The number of alkyl carbamates (subject to hydrolysis) is 1. The summed E-state index contributed by atoms with van der Waals surface area (Å²) >= 11 is 0. The van der Waals surface area contributed by atoms with Crippen molar-refractivity contribution in [2.75, 3.05) is 26.3 Å². The van der Waals surface area contributed by atoms with Gasteiger partial charge in [-0.2, -0.15) is 0 Å². The largest absolute Gasteiger partial charge is 0.493 e. The highest BCUT2D eigenvalue weighted by Gasteiger charge is 2.40. The molecule has 9 nitrogen and oxygen atoms in total. The molecule has 0 aromatic heterocycles.